The summed E-state index contributed by atoms with van der Waals surface area (Å²) in [6.07, 6.45) is 4.39. The van der Waals surface area contributed by atoms with E-state index in [0.29, 0.717) is 6.04 Å². The van der Waals surface area contributed by atoms with E-state index >= 15 is 0 Å². The molecule has 3 rings (SSSR count). The molecular weight excluding hydrogens is 350 g/mol. The molecule has 1 aromatic rings. The Kier molecular flexibility index (Phi) is 7.33. The first-order chi connectivity index (χ1) is 12.0. The fraction of sp³-hybridized carbons (Fsp3) is 0.650. The van der Waals surface area contributed by atoms with Gasteiger partial charge in [0.15, 0.2) is 0 Å². The van der Waals surface area contributed by atoms with E-state index in [4.69, 9.17) is 10.5 Å². The Hall–Kier alpha value is -1.30. The van der Waals surface area contributed by atoms with E-state index in [0.717, 1.165) is 25.1 Å². The minimum atomic E-state index is -0.439. The third-order valence-corrected chi connectivity index (χ3v) is 5.78. The van der Waals surface area contributed by atoms with Gasteiger partial charge < -0.3 is 15.8 Å². The van der Waals surface area contributed by atoms with Gasteiger partial charge in [0, 0.05) is 18.6 Å². The lowest BCUT2D eigenvalue weighted by Crippen LogP contribution is -2.49. The molecule has 1 aliphatic carbocycles. The highest BCUT2D eigenvalue weighted by Gasteiger charge is 2.43. The van der Waals surface area contributed by atoms with E-state index in [-0.39, 0.29) is 36.3 Å². The minimum absolute atomic E-state index is 0. The van der Waals surface area contributed by atoms with Crippen LogP contribution in [0.1, 0.15) is 51.1 Å². The molecule has 3 N–H and O–H groups in total. The maximum absolute atomic E-state index is 12.6. The highest BCUT2D eigenvalue weighted by molar-refractivity contribution is 5.85. The molecule has 146 valence electrons. The molecule has 2 aliphatic rings. The summed E-state index contributed by atoms with van der Waals surface area (Å²) in [5, 5.41) is 3.25. The quantitative estimate of drug-likeness (QED) is 0.762. The Labute approximate surface area is 163 Å². The summed E-state index contributed by atoms with van der Waals surface area (Å²) in [5.74, 6) is 1.03. The van der Waals surface area contributed by atoms with Crippen LogP contribution in [-0.2, 0) is 4.79 Å². The number of amides is 1. The number of hydrogen-bond donors (Lipinski definition) is 2. The zero-order valence-electron chi connectivity index (χ0n) is 16.0. The van der Waals surface area contributed by atoms with Gasteiger partial charge in [0.1, 0.15) is 5.75 Å². The summed E-state index contributed by atoms with van der Waals surface area (Å²) < 4.78 is 5.40. The van der Waals surface area contributed by atoms with Gasteiger partial charge in [-0.05, 0) is 42.9 Å². The average molecular weight is 382 g/mol. The molecule has 4 unspecified atom stereocenters. The van der Waals surface area contributed by atoms with Gasteiger partial charge in [0.25, 0.3) is 0 Å². The van der Waals surface area contributed by atoms with Crippen LogP contribution >= 0.6 is 12.4 Å². The number of carbonyl (C=O) groups is 1. The van der Waals surface area contributed by atoms with Crippen LogP contribution in [0.3, 0.4) is 0 Å². The maximum Gasteiger partial charge on any atom is 0.237 e. The number of nitrogens with one attached hydrogen (secondary N) is 1. The highest BCUT2D eigenvalue weighted by atomic mass is 35.5. The van der Waals surface area contributed by atoms with Gasteiger partial charge in [-0.25, -0.2) is 0 Å². The van der Waals surface area contributed by atoms with Crippen molar-refractivity contribution in [2.75, 3.05) is 13.7 Å². The Morgan fingerprint density at radius 2 is 2.12 bits per heavy atom. The van der Waals surface area contributed by atoms with Crippen LogP contribution in [0, 0.1) is 5.92 Å². The number of carbonyl (C=O) groups excluding carboxylic acids is 1. The third-order valence-electron chi connectivity index (χ3n) is 5.78. The first-order valence-electron chi connectivity index (χ1n) is 9.50. The zero-order chi connectivity index (χ0) is 18.0. The Bertz CT molecular complexity index is 608. The molecule has 0 bridgehead atoms. The molecule has 6 heteroatoms. The molecule has 1 aliphatic heterocycles. The van der Waals surface area contributed by atoms with E-state index in [1.807, 2.05) is 19.1 Å². The molecule has 1 aromatic carbocycles. The molecule has 0 spiro atoms. The predicted octanol–water partition coefficient (Wildman–Crippen LogP) is 2.88. The van der Waals surface area contributed by atoms with Crippen molar-refractivity contribution in [1.29, 1.82) is 0 Å². The van der Waals surface area contributed by atoms with Crippen molar-refractivity contribution >= 4 is 18.3 Å². The van der Waals surface area contributed by atoms with E-state index < -0.39 is 6.04 Å². The van der Waals surface area contributed by atoms with Gasteiger partial charge in [-0.15, -0.1) is 12.4 Å². The molecule has 4 atom stereocenters. The molecule has 1 saturated carbocycles. The Balaban J connectivity index is 0.00000243. The van der Waals surface area contributed by atoms with Crippen molar-refractivity contribution in [3.63, 3.8) is 0 Å². The van der Waals surface area contributed by atoms with Crippen LogP contribution in [-0.4, -0.2) is 42.6 Å². The minimum Gasteiger partial charge on any atom is -0.497 e. The number of halogens is 1. The van der Waals surface area contributed by atoms with Gasteiger partial charge >= 0.3 is 0 Å². The first-order valence-corrected chi connectivity index (χ1v) is 9.50. The lowest BCUT2D eigenvalue weighted by Gasteiger charge is -2.30. The van der Waals surface area contributed by atoms with E-state index in [1.165, 1.54) is 18.4 Å². The van der Waals surface area contributed by atoms with Crippen molar-refractivity contribution in [2.45, 2.75) is 63.7 Å². The number of methoxy groups -OCH3 is 1. The fourth-order valence-electron chi connectivity index (χ4n) is 3.82. The number of ether oxygens (including phenoxy) is 1. The van der Waals surface area contributed by atoms with Crippen molar-refractivity contribution in [3.8, 4) is 5.75 Å². The normalized spacial score (nSPS) is 25.2. The molecule has 0 radical (unpaired) electrons. The van der Waals surface area contributed by atoms with Crippen LogP contribution in [0.5, 0.6) is 5.75 Å². The van der Waals surface area contributed by atoms with Gasteiger partial charge in [-0.1, -0.05) is 32.4 Å². The number of nitrogens with zero attached hydrogens (tertiary/aromatic N) is 1. The molecular formula is C20H32ClN3O2. The van der Waals surface area contributed by atoms with E-state index in [9.17, 15) is 4.79 Å². The summed E-state index contributed by atoms with van der Waals surface area (Å²) in [6, 6.07) is 8.76. The smallest absolute Gasteiger partial charge is 0.237 e. The van der Waals surface area contributed by atoms with Crippen molar-refractivity contribution in [1.82, 2.24) is 10.2 Å². The van der Waals surface area contributed by atoms with Crippen LogP contribution < -0.4 is 15.8 Å². The highest BCUT2D eigenvalue weighted by Crippen LogP contribution is 2.41. The lowest BCUT2D eigenvalue weighted by molar-refractivity contribution is -0.124. The van der Waals surface area contributed by atoms with Crippen LogP contribution in [0.15, 0.2) is 24.3 Å². The Morgan fingerprint density at radius 3 is 2.73 bits per heavy atom. The van der Waals surface area contributed by atoms with Gasteiger partial charge in [0.05, 0.1) is 19.2 Å². The molecule has 26 heavy (non-hydrogen) atoms. The monoisotopic (exact) mass is 381 g/mol. The third kappa shape index (κ3) is 4.51. The summed E-state index contributed by atoms with van der Waals surface area (Å²) in [4.78, 5) is 15.2. The molecule has 2 fully saturated rings. The fourth-order valence-corrected chi connectivity index (χ4v) is 3.82. The van der Waals surface area contributed by atoms with Gasteiger partial charge in [-0.3, -0.25) is 9.69 Å². The van der Waals surface area contributed by atoms with E-state index in [2.05, 4.69) is 29.3 Å². The second kappa shape index (κ2) is 9.07. The summed E-state index contributed by atoms with van der Waals surface area (Å²) in [7, 11) is 1.69. The standard InChI is InChI=1S/C20H31N3O2.ClH/c1-4-13(2)18(21)20(24)22-17-10-11-23(15-8-9-15)19(17)14-6-5-7-16(12-14)25-3;/h5-7,12-13,15,17-19H,4,8-11,21H2,1-3H3,(H,22,24);1H. The number of rotatable bonds is 7. The first kappa shape index (κ1) is 21.0. The van der Waals surface area contributed by atoms with Crippen LogP contribution in [0.4, 0.5) is 0 Å². The maximum atomic E-state index is 12.6. The second-order valence-electron chi connectivity index (χ2n) is 7.51. The van der Waals surface area contributed by atoms with Crippen molar-refractivity contribution in [3.05, 3.63) is 29.8 Å². The molecule has 0 aromatic heterocycles. The molecule has 1 amide bonds. The van der Waals surface area contributed by atoms with Crippen molar-refractivity contribution < 1.29 is 9.53 Å². The predicted molar refractivity (Wildman–Crippen MR) is 107 cm³/mol. The van der Waals surface area contributed by atoms with E-state index in [1.54, 1.807) is 7.11 Å². The summed E-state index contributed by atoms with van der Waals surface area (Å²) >= 11 is 0. The van der Waals surface area contributed by atoms with Crippen LogP contribution in [0.2, 0.25) is 0 Å². The van der Waals surface area contributed by atoms with Gasteiger partial charge in [-0.2, -0.15) is 0 Å². The topological polar surface area (TPSA) is 67.6 Å². The zero-order valence-corrected chi connectivity index (χ0v) is 16.8. The number of nitrogens with two attached hydrogens (primary N) is 1. The molecule has 1 saturated heterocycles. The van der Waals surface area contributed by atoms with Crippen molar-refractivity contribution in [2.24, 2.45) is 11.7 Å². The molecule has 5 nitrogen and oxygen atoms in total. The lowest BCUT2D eigenvalue weighted by atomic mass is 9.96. The average Bonchev–Trinajstić information content (AvgIpc) is 3.41. The van der Waals surface area contributed by atoms with Crippen LogP contribution in [0.25, 0.3) is 0 Å². The molecule has 1 heterocycles. The largest absolute Gasteiger partial charge is 0.497 e. The number of benzene rings is 1. The Morgan fingerprint density at radius 1 is 1.38 bits per heavy atom. The SMILES string of the molecule is CCC(C)C(N)C(=O)NC1CCN(C2CC2)C1c1cccc(OC)c1.Cl. The number of hydrogen-bond acceptors (Lipinski definition) is 4. The summed E-state index contributed by atoms with van der Waals surface area (Å²) in [6.45, 7) is 5.13. The number of likely N-dealkylation sites (tertiary alicyclic amines) is 1. The second-order valence-corrected chi connectivity index (χ2v) is 7.51. The van der Waals surface area contributed by atoms with Gasteiger partial charge in [0.2, 0.25) is 5.91 Å². The summed E-state index contributed by atoms with van der Waals surface area (Å²) in [5.41, 5.74) is 7.35.